The summed E-state index contributed by atoms with van der Waals surface area (Å²) in [6.45, 7) is 1.86. The maximum Gasteiger partial charge on any atom is 0.573 e. The monoisotopic (exact) mass is 360 g/mol. The van der Waals surface area contributed by atoms with E-state index in [1.807, 2.05) is 13.0 Å². The Hall–Kier alpha value is -1.89. The normalized spacial score (nSPS) is 11.3. The zero-order valence-corrected chi connectivity index (χ0v) is 12.5. The first-order valence-corrected chi connectivity index (χ1v) is 6.73. The summed E-state index contributed by atoms with van der Waals surface area (Å²) in [6.07, 6.45) is -4.72. The van der Waals surface area contributed by atoms with Crippen LogP contribution in [0.2, 0.25) is 0 Å². The number of halogens is 4. The predicted molar refractivity (Wildman–Crippen MR) is 79.7 cm³/mol. The van der Waals surface area contributed by atoms with Crippen molar-refractivity contribution < 1.29 is 17.9 Å². The lowest BCUT2D eigenvalue weighted by molar-refractivity contribution is -0.274. The first-order valence-electron chi connectivity index (χ1n) is 5.93. The fourth-order valence-electron chi connectivity index (χ4n) is 1.73. The van der Waals surface area contributed by atoms with Crippen LogP contribution in [0, 0.1) is 6.92 Å². The molecule has 0 amide bonds. The van der Waals surface area contributed by atoms with E-state index in [1.165, 1.54) is 18.2 Å². The summed E-state index contributed by atoms with van der Waals surface area (Å²) in [5.74, 6) is -0.294. The van der Waals surface area contributed by atoms with Crippen molar-refractivity contribution in [3.63, 3.8) is 0 Å². The number of hydrogen-bond donors (Lipinski definition) is 2. The van der Waals surface area contributed by atoms with Gasteiger partial charge in [-0.2, -0.15) is 0 Å². The molecule has 0 aliphatic carbocycles. The fourth-order valence-corrected chi connectivity index (χ4v) is 2.19. The number of nitrogens with two attached hydrogens (primary N) is 1. The Morgan fingerprint density at radius 3 is 2.52 bits per heavy atom. The van der Waals surface area contributed by atoms with Crippen LogP contribution in [0.25, 0.3) is 0 Å². The van der Waals surface area contributed by atoms with E-state index >= 15 is 0 Å². The molecule has 112 valence electrons. The third kappa shape index (κ3) is 4.04. The van der Waals surface area contributed by atoms with Gasteiger partial charge in [0, 0.05) is 17.1 Å². The summed E-state index contributed by atoms with van der Waals surface area (Å²) in [5, 5.41) is 3.10. The van der Waals surface area contributed by atoms with E-state index in [9.17, 15) is 13.2 Å². The number of nitrogens with one attached hydrogen (secondary N) is 1. The number of rotatable bonds is 3. The van der Waals surface area contributed by atoms with E-state index < -0.39 is 6.36 Å². The molecule has 0 radical (unpaired) electrons. The average Bonchev–Trinajstić information content (AvgIpc) is 2.37. The first-order chi connectivity index (χ1) is 9.76. The van der Waals surface area contributed by atoms with Gasteiger partial charge in [-0.1, -0.05) is 6.07 Å². The Morgan fingerprint density at radius 1 is 1.19 bits per heavy atom. The Kier molecular flexibility index (Phi) is 4.32. The molecule has 0 spiro atoms. The molecule has 2 rings (SSSR count). The molecule has 0 bridgehead atoms. The van der Waals surface area contributed by atoms with E-state index in [0.29, 0.717) is 11.4 Å². The van der Waals surface area contributed by atoms with Gasteiger partial charge in [-0.05, 0) is 58.7 Å². The summed E-state index contributed by atoms with van der Waals surface area (Å²) in [4.78, 5) is 0. The van der Waals surface area contributed by atoms with Crippen molar-refractivity contribution in [2.24, 2.45) is 0 Å². The number of anilines is 3. The Labute approximate surface area is 128 Å². The van der Waals surface area contributed by atoms with Gasteiger partial charge in [0.05, 0.1) is 4.47 Å². The number of ether oxygens (including phenoxy) is 1. The van der Waals surface area contributed by atoms with Gasteiger partial charge in [0.2, 0.25) is 0 Å². The maximum absolute atomic E-state index is 12.2. The van der Waals surface area contributed by atoms with E-state index in [2.05, 4.69) is 26.0 Å². The average molecular weight is 361 g/mol. The summed E-state index contributed by atoms with van der Waals surface area (Å²) in [6, 6.07) is 9.64. The van der Waals surface area contributed by atoms with Gasteiger partial charge in [-0.15, -0.1) is 13.2 Å². The smallest absolute Gasteiger partial charge is 0.405 e. The molecule has 0 atom stereocenters. The standard InChI is InChI=1S/C14H12BrF3N2O/c1-8-11(19)3-2-4-12(8)20-9-5-6-13(10(15)7-9)21-14(16,17)18/h2-7,20H,19H2,1H3. The molecule has 0 unspecified atom stereocenters. The highest BCUT2D eigenvalue weighted by Gasteiger charge is 2.31. The van der Waals surface area contributed by atoms with Crippen molar-refractivity contribution in [2.75, 3.05) is 11.1 Å². The molecule has 21 heavy (non-hydrogen) atoms. The highest BCUT2D eigenvalue weighted by molar-refractivity contribution is 9.10. The highest BCUT2D eigenvalue weighted by Crippen LogP contribution is 2.34. The van der Waals surface area contributed by atoms with Gasteiger partial charge in [-0.25, -0.2) is 0 Å². The summed E-state index contributed by atoms with van der Waals surface area (Å²) in [7, 11) is 0. The van der Waals surface area contributed by atoms with Gasteiger partial charge in [0.15, 0.2) is 0 Å². The molecule has 0 aliphatic rings. The Bertz CT molecular complexity index is 659. The fraction of sp³-hybridized carbons (Fsp3) is 0.143. The minimum Gasteiger partial charge on any atom is -0.405 e. The second-order valence-electron chi connectivity index (χ2n) is 4.34. The van der Waals surface area contributed by atoms with Crippen LogP contribution >= 0.6 is 15.9 Å². The SMILES string of the molecule is Cc1c(N)cccc1Nc1ccc(OC(F)(F)F)c(Br)c1. The largest absolute Gasteiger partial charge is 0.573 e. The molecule has 0 saturated carbocycles. The second-order valence-corrected chi connectivity index (χ2v) is 5.19. The highest BCUT2D eigenvalue weighted by atomic mass is 79.9. The van der Waals surface area contributed by atoms with Crippen LogP contribution < -0.4 is 15.8 Å². The third-order valence-electron chi connectivity index (χ3n) is 2.81. The zero-order valence-electron chi connectivity index (χ0n) is 11.0. The number of benzene rings is 2. The van der Waals surface area contributed by atoms with Crippen LogP contribution in [0.4, 0.5) is 30.2 Å². The van der Waals surface area contributed by atoms with E-state index in [0.717, 1.165) is 11.3 Å². The lowest BCUT2D eigenvalue weighted by Crippen LogP contribution is -2.17. The van der Waals surface area contributed by atoms with Gasteiger partial charge in [-0.3, -0.25) is 0 Å². The quantitative estimate of drug-likeness (QED) is 0.758. The zero-order chi connectivity index (χ0) is 15.6. The van der Waals surface area contributed by atoms with Crippen molar-refractivity contribution in [2.45, 2.75) is 13.3 Å². The summed E-state index contributed by atoms with van der Waals surface area (Å²) in [5.41, 5.74) is 8.70. The molecule has 0 aromatic heterocycles. The number of hydrogen-bond acceptors (Lipinski definition) is 3. The Morgan fingerprint density at radius 2 is 1.90 bits per heavy atom. The van der Waals surface area contributed by atoms with Crippen molar-refractivity contribution in [3.05, 3.63) is 46.4 Å². The number of nitrogen functional groups attached to an aromatic ring is 1. The molecule has 3 nitrogen and oxygen atoms in total. The van der Waals surface area contributed by atoms with E-state index in [-0.39, 0.29) is 10.2 Å². The van der Waals surface area contributed by atoms with Crippen molar-refractivity contribution >= 4 is 33.0 Å². The Balaban J connectivity index is 2.23. The summed E-state index contributed by atoms with van der Waals surface area (Å²) >= 11 is 3.06. The molecule has 0 aliphatic heterocycles. The van der Waals surface area contributed by atoms with Crippen LogP contribution in [0.1, 0.15) is 5.56 Å². The minimum atomic E-state index is -4.72. The van der Waals surface area contributed by atoms with Crippen LogP contribution in [0.5, 0.6) is 5.75 Å². The van der Waals surface area contributed by atoms with Crippen LogP contribution in [-0.2, 0) is 0 Å². The van der Waals surface area contributed by atoms with Crippen molar-refractivity contribution in [1.82, 2.24) is 0 Å². The first kappa shape index (κ1) is 15.5. The van der Waals surface area contributed by atoms with Gasteiger partial charge >= 0.3 is 6.36 Å². The molecular weight excluding hydrogens is 349 g/mol. The molecule has 0 heterocycles. The third-order valence-corrected chi connectivity index (χ3v) is 3.43. The lowest BCUT2D eigenvalue weighted by Gasteiger charge is -2.14. The van der Waals surface area contributed by atoms with Gasteiger partial charge in [0.25, 0.3) is 0 Å². The van der Waals surface area contributed by atoms with Crippen LogP contribution in [0.15, 0.2) is 40.9 Å². The number of alkyl halides is 3. The summed E-state index contributed by atoms with van der Waals surface area (Å²) < 4.78 is 40.7. The van der Waals surface area contributed by atoms with Gasteiger partial charge < -0.3 is 15.8 Å². The van der Waals surface area contributed by atoms with E-state index in [1.54, 1.807) is 12.1 Å². The maximum atomic E-state index is 12.2. The van der Waals surface area contributed by atoms with Crippen LogP contribution in [0.3, 0.4) is 0 Å². The van der Waals surface area contributed by atoms with E-state index in [4.69, 9.17) is 5.73 Å². The van der Waals surface area contributed by atoms with Crippen molar-refractivity contribution in [3.8, 4) is 5.75 Å². The van der Waals surface area contributed by atoms with Crippen molar-refractivity contribution in [1.29, 1.82) is 0 Å². The topological polar surface area (TPSA) is 47.3 Å². The molecule has 0 fully saturated rings. The van der Waals surface area contributed by atoms with Gasteiger partial charge in [0.1, 0.15) is 5.75 Å². The second kappa shape index (κ2) is 5.85. The molecule has 2 aromatic carbocycles. The lowest BCUT2D eigenvalue weighted by atomic mass is 10.1. The minimum absolute atomic E-state index is 0.200. The molecule has 2 aromatic rings. The van der Waals surface area contributed by atoms with Crippen LogP contribution in [-0.4, -0.2) is 6.36 Å². The molecule has 3 N–H and O–H groups in total. The molecule has 7 heteroatoms. The molecule has 0 saturated heterocycles. The predicted octanol–water partition coefficient (Wildman–Crippen LogP) is 4.98. The molecular formula is C14H12BrF3N2O.